The first-order chi connectivity index (χ1) is 13.5. The second-order valence-corrected chi connectivity index (χ2v) is 7.92. The molecule has 0 spiro atoms. The van der Waals surface area contributed by atoms with Gasteiger partial charge < -0.3 is 20.5 Å². The molecule has 0 unspecified atom stereocenters. The van der Waals surface area contributed by atoms with Crippen LogP contribution in [-0.2, 0) is 24.1 Å². The van der Waals surface area contributed by atoms with Crippen LogP contribution in [0, 0.1) is 0 Å². The number of ether oxygens (including phenoxy) is 1. The van der Waals surface area contributed by atoms with Gasteiger partial charge in [-0.2, -0.15) is 0 Å². The first-order valence-corrected chi connectivity index (χ1v) is 10.2. The monoisotopic (exact) mass is 387 g/mol. The highest BCUT2D eigenvalue weighted by molar-refractivity contribution is 5.39. The maximum atomic E-state index is 10.2. The topological polar surface area (TPSA) is 89.4 Å². The highest BCUT2D eigenvalue weighted by atomic mass is 16.5. The number of nitrogens with zero attached hydrogens (tertiary/aromatic N) is 4. The molecular formula is C21H33N5O2. The molecule has 154 valence electrons. The molecule has 28 heavy (non-hydrogen) atoms. The second-order valence-electron chi connectivity index (χ2n) is 7.92. The first kappa shape index (κ1) is 20.8. The van der Waals surface area contributed by atoms with Crippen LogP contribution in [0.1, 0.15) is 37.4 Å². The second kappa shape index (κ2) is 10.0. The molecule has 0 saturated carbocycles. The number of benzene rings is 1. The quantitative estimate of drug-likeness (QED) is 0.505. The van der Waals surface area contributed by atoms with E-state index < -0.39 is 6.10 Å². The fourth-order valence-electron chi connectivity index (χ4n) is 3.72. The summed E-state index contributed by atoms with van der Waals surface area (Å²) in [6.45, 7) is 4.21. The Balaban J connectivity index is 1.37. The highest BCUT2D eigenvalue weighted by Crippen LogP contribution is 2.19. The van der Waals surface area contributed by atoms with Crippen molar-refractivity contribution in [3.05, 3.63) is 41.7 Å². The summed E-state index contributed by atoms with van der Waals surface area (Å²) in [7, 11) is 2.06. The van der Waals surface area contributed by atoms with Crippen LogP contribution in [-0.4, -0.2) is 63.4 Å². The van der Waals surface area contributed by atoms with Crippen LogP contribution in [0.5, 0.6) is 0 Å². The van der Waals surface area contributed by atoms with Gasteiger partial charge in [-0.25, -0.2) is 0 Å². The molecule has 0 bridgehead atoms. The third kappa shape index (κ3) is 6.02. The van der Waals surface area contributed by atoms with Gasteiger partial charge in [-0.3, -0.25) is 4.68 Å². The van der Waals surface area contributed by atoms with Gasteiger partial charge in [-0.15, -0.1) is 5.10 Å². The van der Waals surface area contributed by atoms with Crippen molar-refractivity contribution in [3.63, 3.8) is 0 Å². The fourth-order valence-corrected chi connectivity index (χ4v) is 3.72. The summed E-state index contributed by atoms with van der Waals surface area (Å²) in [5.74, 6) is 0. The van der Waals surface area contributed by atoms with Crippen LogP contribution in [0.3, 0.4) is 0 Å². The molecule has 1 fully saturated rings. The normalized spacial score (nSPS) is 22.6. The van der Waals surface area contributed by atoms with Crippen LogP contribution < -0.4 is 5.73 Å². The lowest BCUT2D eigenvalue weighted by atomic mass is 10.00. The molecule has 1 aromatic carbocycles. The van der Waals surface area contributed by atoms with E-state index in [4.69, 9.17) is 10.5 Å². The Morgan fingerprint density at radius 2 is 2.04 bits per heavy atom. The Hall–Kier alpha value is -1.96. The zero-order chi connectivity index (χ0) is 19.9. The molecule has 2 heterocycles. The van der Waals surface area contributed by atoms with Gasteiger partial charge >= 0.3 is 0 Å². The summed E-state index contributed by atoms with van der Waals surface area (Å²) < 4.78 is 7.44. The summed E-state index contributed by atoms with van der Waals surface area (Å²) in [6.07, 6.45) is 6.75. The van der Waals surface area contributed by atoms with E-state index in [2.05, 4.69) is 41.3 Å². The number of aliphatic hydroxyl groups excluding tert-OH is 1. The number of aryl methyl sites for hydroxylation is 2. The molecule has 1 saturated heterocycles. The number of hydrogen-bond acceptors (Lipinski definition) is 6. The third-order valence-corrected chi connectivity index (χ3v) is 5.52. The van der Waals surface area contributed by atoms with E-state index in [-0.39, 0.29) is 12.1 Å². The van der Waals surface area contributed by atoms with Crippen molar-refractivity contribution in [2.75, 3.05) is 25.9 Å². The molecule has 3 atom stereocenters. The maximum absolute atomic E-state index is 10.2. The van der Waals surface area contributed by atoms with Gasteiger partial charge in [-0.05, 0) is 57.4 Å². The van der Waals surface area contributed by atoms with E-state index in [1.807, 2.05) is 23.0 Å². The molecule has 0 amide bonds. The lowest BCUT2D eigenvalue weighted by Crippen LogP contribution is -2.50. The summed E-state index contributed by atoms with van der Waals surface area (Å²) in [4.78, 5) is 2.22. The molecule has 0 radical (unpaired) electrons. The van der Waals surface area contributed by atoms with Gasteiger partial charge in [-0.1, -0.05) is 17.3 Å². The summed E-state index contributed by atoms with van der Waals surface area (Å²) in [5, 5.41) is 18.7. The SMILES string of the molecule is C[C@@H]1C[C@H](N(C)CCc2cn(CCCCc3ccc(N)cc3)nn2)[C@@H](O)CO1. The van der Waals surface area contributed by atoms with Crippen molar-refractivity contribution in [2.24, 2.45) is 0 Å². The van der Waals surface area contributed by atoms with Crippen molar-refractivity contribution < 1.29 is 9.84 Å². The Labute approximate surface area is 167 Å². The summed E-state index contributed by atoms with van der Waals surface area (Å²) in [5.41, 5.74) is 8.85. The number of unbranched alkanes of at least 4 members (excludes halogenated alkanes) is 1. The van der Waals surface area contributed by atoms with E-state index in [0.717, 1.165) is 56.6 Å². The molecule has 2 aromatic rings. The van der Waals surface area contributed by atoms with E-state index >= 15 is 0 Å². The van der Waals surface area contributed by atoms with Crippen molar-refractivity contribution in [2.45, 2.75) is 63.8 Å². The fraction of sp³-hybridized carbons (Fsp3) is 0.619. The summed E-state index contributed by atoms with van der Waals surface area (Å²) in [6, 6.07) is 8.24. The van der Waals surface area contributed by atoms with E-state index in [9.17, 15) is 5.11 Å². The average Bonchev–Trinajstić information content (AvgIpc) is 3.14. The predicted octanol–water partition coefficient (Wildman–Crippen LogP) is 1.90. The number of nitrogen functional groups attached to an aromatic ring is 1. The van der Waals surface area contributed by atoms with E-state index in [1.54, 1.807) is 0 Å². The molecule has 7 nitrogen and oxygen atoms in total. The predicted molar refractivity (Wildman–Crippen MR) is 110 cm³/mol. The van der Waals surface area contributed by atoms with Crippen molar-refractivity contribution in [3.8, 4) is 0 Å². The Bertz CT molecular complexity index is 718. The van der Waals surface area contributed by atoms with Crippen LogP contribution >= 0.6 is 0 Å². The zero-order valence-corrected chi connectivity index (χ0v) is 17.0. The number of anilines is 1. The summed E-state index contributed by atoms with van der Waals surface area (Å²) >= 11 is 0. The Morgan fingerprint density at radius 3 is 2.82 bits per heavy atom. The van der Waals surface area contributed by atoms with Crippen LogP contribution in [0.4, 0.5) is 5.69 Å². The number of hydrogen-bond donors (Lipinski definition) is 2. The average molecular weight is 388 g/mol. The van der Waals surface area contributed by atoms with Gasteiger partial charge in [0.05, 0.1) is 24.5 Å². The van der Waals surface area contributed by atoms with Crippen LogP contribution in [0.15, 0.2) is 30.5 Å². The van der Waals surface area contributed by atoms with Crippen LogP contribution in [0.2, 0.25) is 0 Å². The number of likely N-dealkylation sites (N-methyl/N-ethyl adjacent to an activating group) is 1. The number of nitrogens with two attached hydrogens (primary N) is 1. The van der Waals surface area contributed by atoms with Gasteiger partial charge in [0, 0.05) is 37.4 Å². The van der Waals surface area contributed by atoms with E-state index in [0.29, 0.717) is 6.61 Å². The van der Waals surface area contributed by atoms with E-state index in [1.165, 1.54) is 5.56 Å². The molecule has 3 rings (SSSR count). The molecular weight excluding hydrogens is 354 g/mol. The zero-order valence-electron chi connectivity index (χ0n) is 17.0. The Morgan fingerprint density at radius 1 is 1.25 bits per heavy atom. The third-order valence-electron chi connectivity index (χ3n) is 5.52. The Kier molecular flexibility index (Phi) is 7.42. The minimum absolute atomic E-state index is 0.145. The van der Waals surface area contributed by atoms with Crippen molar-refractivity contribution >= 4 is 5.69 Å². The number of aliphatic hydroxyl groups is 1. The largest absolute Gasteiger partial charge is 0.399 e. The van der Waals surface area contributed by atoms with Crippen molar-refractivity contribution in [1.82, 2.24) is 19.9 Å². The molecule has 1 aliphatic heterocycles. The minimum atomic E-state index is -0.419. The molecule has 1 aromatic heterocycles. The van der Waals surface area contributed by atoms with Gasteiger partial charge in [0.2, 0.25) is 0 Å². The van der Waals surface area contributed by atoms with Gasteiger partial charge in [0.1, 0.15) is 0 Å². The van der Waals surface area contributed by atoms with Gasteiger partial charge in [0.25, 0.3) is 0 Å². The maximum Gasteiger partial charge on any atom is 0.0929 e. The lowest BCUT2D eigenvalue weighted by molar-refractivity contribution is -0.0916. The van der Waals surface area contributed by atoms with Gasteiger partial charge in [0.15, 0.2) is 0 Å². The highest BCUT2D eigenvalue weighted by Gasteiger charge is 2.30. The smallest absolute Gasteiger partial charge is 0.0929 e. The molecule has 7 heteroatoms. The molecule has 1 aliphatic rings. The lowest BCUT2D eigenvalue weighted by Gasteiger charge is -2.37. The number of aromatic nitrogens is 3. The van der Waals surface area contributed by atoms with Crippen LogP contribution in [0.25, 0.3) is 0 Å². The number of rotatable bonds is 9. The standard InChI is InChI=1S/C21H33N5O2/c1-16-13-20(21(27)15-28-16)25(2)12-10-19-14-26(24-23-19)11-4-3-5-17-6-8-18(22)9-7-17/h6-9,14,16,20-21,27H,3-5,10-13,15,22H2,1-2H3/t16-,20+,21+/m1/s1. The molecule has 3 N–H and O–H groups in total. The van der Waals surface area contributed by atoms with Crippen molar-refractivity contribution in [1.29, 1.82) is 0 Å². The minimum Gasteiger partial charge on any atom is -0.399 e. The first-order valence-electron chi connectivity index (χ1n) is 10.2. The molecule has 0 aliphatic carbocycles.